The van der Waals surface area contributed by atoms with Crippen LogP contribution in [0.1, 0.15) is 25.5 Å². The fourth-order valence-corrected chi connectivity index (χ4v) is 1.49. The van der Waals surface area contributed by atoms with Gasteiger partial charge in [-0.15, -0.1) is 0 Å². The number of para-hydroxylation sites is 1. The summed E-state index contributed by atoms with van der Waals surface area (Å²) >= 11 is 0. The van der Waals surface area contributed by atoms with Crippen LogP contribution >= 0.6 is 0 Å². The van der Waals surface area contributed by atoms with Crippen LogP contribution in [0.5, 0.6) is 5.75 Å². The average Bonchev–Trinajstić information content (AvgIpc) is 2.35. The van der Waals surface area contributed by atoms with Crippen LogP contribution in [0, 0.1) is 5.92 Å². The molecule has 1 unspecified atom stereocenters. The van der Waals surface area contributed by atoms with Crippen molar-refractivity contribution in [3.8, 4) is 5.75 Å². The first-order valence-corrected chi connectivity index (χ1v) is 5.63. The molecule has 2 N–H and O–H groups in total. The lowest BCUT2D eigenvalue weighted by atomic mass is 10.0. The van der Waals surface area contributed by atoms with Crippen molar-refractivity contribution in [3.63, 3.8) is 0 Å². The molecular formula is C13H17NO4. The summed E-state index contributed by atoms with van der Waals surface area (Å²) in [4.78, 5) is 22.9. The number of carboxylic acid groups (broad SMARTS) is 1. The topological polar surface area (TPSA) is 75.6 Å². The second kappa shape index (κ2) is 6.05. The van der Waals surface area contributed by atoms with Crippen LogP contribution in [0.15, 0.2) is 24.3 Å². The van der Waals surface area contributed by atoms with Crippen LogP contribution < -0.4 is 10.1 Å². The summed E-state index contributed by atoms with van der Waals surface area (Å²) in [5, 5.41) is 11.7. The Bertz CT molecular complexity index is 442. The summed E-state index contributed by atoms with van der Waals surface area (Å²) in [6, 6.07) is 5.63. The fraction of sp³-hybridized carbons (Fsp3) is 0.385. The second-order valence-corrected chi connectivity index (χ2v) is 4.18. The zero-order valence-electron chi connectivity index (χ0n) is 10.6. The van der Waals surface area contributed by atoms with Crippen molar-refractivity contribution in [2.24, 2.45) is 5.92 Å². The SMILES string of the molecule is COc1ccccc1C(NC(=O)C(C)C)C(=O)O. The van der Waals surface area contributed by atoms with E-state index in [0.717, 1.165) is 0 Å². The maximum absolute atomic E-state index is 11.6. The van der Waals surface area contributed by atoms with Gasteiger partial charge in [0.05, 0.1) is 7.11 Å². The maximum Gasteiger partial charge on any atom is 0.331 e. The molecule has 1 amide bonds. The minimum atomic E-state index is -1.12. The summed E-state index contributed by atoms with van der Waals surface area (Å²) in [6.45, 7) is 3.41. The minimum absolute atomic E-state index is 0.276. The van der Waals surface area contributed by atoms with Crippen LogP contribution in [0.2, 0.25) is 0 Å². The largest absolute Gasteiger partial charge is 0.496 e. The Morgan fingerprint density at radius 3 is 2.39 bits per heavy atom. The Hall–Kier alpha value is -2.04. The number of nitrogens with one attached hydrogen (secondary N) is 1. The quantitative estimate of drug-likeness (QED) is 0.833. The molecule has 5 nitrogen and oxygen atoms in total. The number of carbonyl (C=O) groups is 2. The molecule has 0 aromatic heterocycles. The molecule has 1 aromatic carbocycles. The van der Waals surface area contributed by atoms with Crippen molar-refractivity contribution >= 4 is 11.9 Å². The Balaban J connectivity index is 3.05. The molecule has 0 fully saturated rings. The van der Waals surface area contributed by atoms with Crippen molar-refractivity contribution in [2.75, 3.05) is 7.11 Å². The van der Waals surface area contributed by atoms with E-state index in [1.54, 1.807) is 38.1 Å². The standard InChI is InChI=1S/C13H17NO4/c1-8(2)12(15)14-11(13(16)17)9-6-4-5-7-10(9)18-3/h4-8,11H,1-3H3,(H,14,15)(H,16,17). The Morgan fingerprint density at radius 2 is 1.89 bits per heavy atom. The van der Waals surface area contributed by atoms with E-state index < -0.39 is 12.0 Å². The predicted octanol–water partition coefficient (Wildman–Crippen LogP) is 1.59. The molecular weight excluding hydrogens is 234 g/mol. The van der Waals surface area contributed by atoms with Crippen molar-refractivity contribution in [3.05, 3.63) is 29.8 Å². The van der Waals surface area contributed by atoms with Gasteiger partial charge < -0.3 is 15.2 Å². The summed E-state index contributed by atoms with van der Waals surface area (Å²) < 4.78 is 5.10. The number of carboxylic acids is 1. The third kappa shape index (κ3) is 3.23. The van der Waals surface area contributed by atoms with Gasteiger partial charge in [-0.2, -0.15) is 0 Å². The summed E-state index contributed by atoms with van der Waals surface area (Å²) in [6.07, 6.45) is 0. The zero-order valence-corrected chi connectivity index (χ0v) is 10.6. The molecule has 0 aliphatic carbocycles. The molecule has 1 atom stereocenters. The molecule has 1 aromatic rings. The number of amides is 1. The molecule has 0 spiro atoms. The lowest BCUT2D eigenvalue weighted by Crippen LogP contribution is -2.36. The number of aliphatic carboxylic acids is 1. The molecule has 0 radical (unpaired) electrons. The lowest BCUT2D eigenvalue weighted by molar-refractivity contribution is -0.142. The van der Waals surface area contributed by atoms with Gasteiger partial charge in [0.25, 0.3) is 0 Å². The third-order valence-electron chi connectivity index (χ3n) is 2.51. The number of ether oxygens (including phenoxy) is 1. The van der Waals surface area contributed by atoms with Crippen LogP contribution in [0.4, 0.5) is 0 Å². The highest BCUT2D eigenvalue weighted by Crippen LogP contribution is 2.25. The summed E-state index contributed by atoms with van der Waals surface area (Å²) in [5.74, 6) is -1.27. The van der Waals surface area contributed by atoms with Gasteiger partial charge in [-0.3, -0.25) is 4.79 Å². The van der Waals surface area contributed by atoms with Crippen molar-refractivity contribution in [2.45, 2.75) is 19.9 Å². The van der Waals surface area contributed by atoms with Crippen molar-refractivity contribution in [1.82, 2.24) is 5.32 Å². The smallest absolute Gasteiger partial charge is 0.331 e. The van der Waals surface area contributed by atoms with E-state index in [0.29, 0.717) is 11.3 Å². The van der Waals surface area contributed by atoms with Crippen LogP contribution in [0.3, 0.4) is 0 Å². The second-order valence-electron chi connectivity index (χ2n) is 4.18. The molecule has 1 rings (SSSR count). The number of carbonyl (C=O) groups excluding carboxylic acids is 1. The fourth-order valence-electron chi connectivity index (χ4n) is 1.49. The molecule has 0 saturated carbocycles. The van der Waals surface area contributed by atoms with Gasteiger partial charge >= 0.3 is 5.97 Å². The first-order chi connectivity index (χ1) is 8.47. The van der Waals surface area contributed by atoms with E-state index >= 15 is 0 Å². The molecule has 0 aliphatic rings. The molecule has 0 bridgehead atoms. The van der Waals surface area contributed by atoms with E-state index in [4.69, 9.17) is 4.74 Å². The molecule has 98 valence electrons. The van der Waals surface area contributed by atoms with E-state index in [1.165, 1.54) is 7.11 Å². The van der Waals surface area contributed by atoms with Gasteiger partial charge in [0.1, 0.15) is 5.75 Å². The van der Waals surface area contributed by atoms with Crippen molar-refractivity contribution in [1.29, 1.82) is 0 Å². The third-order valence-corrected chi connectivity index (χ3v) is 2.51. The van der Waals surface area contributed by atoms with Gasteiger partial charge in [0, 0.05) is 11.5 Å². The lowest BCUT2D eigenvalue weighted by Gasteiger charge is -2.18. The Morgan fingerprint density at radius 1 is 1.28 bits per heavy atom. The first kappa shape index (κ1) is 14.0. The van der Waals surface area contributed by atoms with E-state index in [9.17, 15) is 14.7 Å². The highest BCUT2D eigenvalue weighted by molar-refractivity contribution is 5.86. The molecule has 0 aliphatic heterocycles. The Labute approximate surface area is 106 Å². The molecule has 18 heavy (non-hydrogen) atoms. The van der Waals surface area contributed by atoms with Crippen LogP contribution in [0.25, 0.3) is 0 Å². The average molecular weight is 251 g/mol. The van der Waals surface area contributed by atoms with Crippen LogP contribution in [-0.2, 0) is 9.59 Å². The minimum Gasteiger partial charge on any atom is -0.496 e. The molecule has 0 heterocycles. The monoisotopic (exact) mass is 251 g/mol. The van der Waals surface area contributed by atoms with Gasteiger partial charge in [-0.25, -0.2) is 4.79 Å². The van der Waals surface area contributed by atoms with E-state index in [2.05, 4.69) is 5.32 Å². The van der Waals surface area contributed by atoms with Gasteiger partial charge in [0.2, 0.25) is 5.91 Å². The number of hydrogen-bond donors (Lipinski definition) is 2. The maximum atomic E-state index is 11.6. The molecule has 0 saturated heterocycles. The predicted molar refractivity (Wildman–Crippen MR) is 66.4 cm³/mol. The highest BCUT2D eigenvalue weighted by Gasteiger charge is 2.25. The van der Waals surface area contributed by atoms with Gasteiger partial charge in [-0.1, -0.05) is 32.0 Å². The van der Waals surface area contributed by atoms with Crippen LogP contribution in [-0.4, -0.2) is 24.1 Å². The summed E-state index contributed by atoms with van der Waals surface area (Å²) in [7, 11) is 1.46. The highest BCUT2D eigenvalue weighted by atomic mass is 16.5. The van der Waals surface area contributed by atoms with E-state index in [1.807, 2.05) is 0 Å². The number of benzene rings is 1. The Kier molecular flexibility index (Phi) is 4.71. The van der Waals surface area contributed by atoms with Gasteiger partial charge in [-0.05, 0) is 6.07 Å². The van der Waals surface area contributed by atoms with Gasteiger partial charge in [0.15, 0.2) is 6.04 Å². The van der Waals surface area contributed by atoms with Crippen molar-refractivity contribution < 1.29 is 19.4 Å². The number of rotatable bonds is 5. The number of methoxy groups -OCH3 is 1. The normalized spacial score (nSPS) is 12.0. The summed E-state index contributed by atoms with van der Waals surface area (Å²) in [5.41, 5.74) is 0.432. The molecule has 5 heteroatoms. The van der Waals surface area contributed by atoms with E-state index in [-0.39, 0.29) is 11.8 Å². The number of hydrogen-bond acceptors (Lipinski definition) is 3. The first-order valence-electron chi connectivity index (χ1n) is 5.63. The zero-order chi connectivity index (χ0) is 13.7.